The Labute approximate surface area is 252 Å². The Morgan fingerprint density at radius 2 is 1.20 bits per heavy atom. The third-order valence-electron chi connectivity index (χ3n) is 7.40. The van der Waals surface area contributed by atoms with E-state index in [-0.39, 0.29) is 5.92 Å². The summed E-state index contributed by atoms with van der Waals surface area (Å²) in [5.74, 6) is 1.39. The predicted octanol–water partition coefficient (Wildman–Crippen LogP) is 9.56. The molecule has 0 aromatic rings. The molecule has 1 saturated carbocycles. The van der Waals surface area contributed by atoms with Gasteiger partial charge in [0.25, 0.3) is 5.91 Å². The molecule has 5 atom stereocenters. The maximum Gasteiger partial charge on any atom is 0.285 e. The topological polar surface area (TPSA) is 72.2 Å². The number of ketones is 1. The largest absolute Gasteiger partial charge is 0.363 e. The number of likely N-dealkylation sites (N-methyl/N-ethyl adjacent to an activating group) is 1. The summed E-state index contributed by atoms with van der Waals surface area (Å²) in [5, 5.41) is 3.37. The first-order valence-electron chi connectivity index (χ1n) is 15.5. The fourth-order valence-corrected chi connectivity index (χ4v) is 4.44. The van der Waals surface area contributed by atoms with E-state index in [0.717, 1.165) is 24.7 Å². The zero-order chi connectivity index (χ0) is 32.8. The molecule has 1 rings (SSSR count). The lowest BCUT2D eigenvalue weighted by Crippen LogP contribution is -2.35. The number of primary amides is 1. The van der Waals surface area contributed by atoms with Crippen LogP contribution in [0.2, 0.25) is 0 Å². The molecule has 0 aromatic carbocycles. The SMILES string of the molecule is C#C.C=C.C=C(C)C(C)C[C@@H](C)CC.C=C(C)C(NC)C1CCCCC1.CC.CCC(C)CC(C)C(=O)C(N)=O. The number of allylic oxidation sites excluding steroid dienone is 1. The molecule has 0 bridgehead atoms. The van der Waals surface area contributed by atoms with Gasteiger partial charge in [-0.25, -0.2) is 0 Å². The number of nitrogens with one attached hydrogen (secondary N) is 1. The summed E-state index contributed by atoms with van der Waals surface area (Å²) in [4.78, 5) is 21.5. The van der Waals surface area contributed by atoms with Crippen molar-refractivity contribution in [1.82, 2.24) is 5.32 Å². The van der Waals surface area contributed by atoms with E-state index in [1.165, 1.54) is 56.1 Å². The minimum absolute atomic E-state index is 0.225. The van der Waals surface area contributed by atoms with Crippen LogP contribution in [0, 0.1) is 42.4 Å². The lowest BCUT2D eigenvalue weighted by atomic mass is 9.82. The van der Waals surface area contributed by atoms with Crippen molar-refractivity contribution in [2.45, 2.75) is 133 Å². The van der Waals surface area contributed by atoms with Gasteiger partial charge in [0.1, 0.15) is 0 Å². The molecule has 0 radical (unpaired) electrons. The van der Waals surface area contributed by atoms with Gasteiger partial charge in [-0.15, -0.1) is 26.0 Å². The number of carbonyl (C=O) groups excluding carboxylic acids is 2. The fraction of sp³-hybridized carbons (Fsp3) is 0.722. The van der Waals surface area contributed by atoms with Crippen molar-refractivity contribution in [2.24, 2.45) is 35.3 Å². The molecule has 236 valence electrons. The minimum atomic E-state index is -0.814. The maximum absolute atomic E-state index is 11.0. The highest BCUT2D eigenvalue weighted by Crippen LogP contribution is 2.28. The standard InChI is InChI=1S/C11H21N.C10H20.C9H17NO2.C2H6.C2H4.C2H2/c1-9(2)11(12-3)10-7-5-4-6-8-10;1-6-9(4)7-10(5)8(2)3;1-4-6(2)5-7(3)8(11)9(10)12;3*1-2/h10-12H,1,4-8H2,2-3H3;9-10H,2,6-7H2,1,3-5H3;6-7H,4-5H2,1-3H3,(H2,10,12);1-2H3;1-2H2;1-2H/t;9-,10?;;;;/m.0..../s1. The van der Waals surface area contributed by atoms with Crippen LogP contribution in [-0.2, 0) is 9.59 Å². The van der Waals surface area contributed by atoms with Gasteiger partial charge >= 0.3 is 0 Å². The van der Waals surface area contributed by atoms with E-state index in [1.54, 1.807) is 6.92 Å². The number of carbonyl (C=O) groups is 2. The third-order valence-corrected chi connectivity index (χ3v) is 7.40. The van der Waals surface area contributed by atoms with Gasteiger partial charge in [0.2, 0.25) is 5.78 Å². The molecule has 0 spiro atoms. The van der Waals surface area contributed by atoms with E-state index in [4.69, 9.17) is 5.73 Å². The van der Waals surface area contributed by atoms with Gasteiger partial charge in [0.15, 0.2) is 0 Å². The van der Waals surface area contributed by atoms with Crippen molar-refractivity contribution in [3.63, 3.8) is 0 Å². The summed E-state index contributed by atoms with van der Waals surface area (Å²) < 4.78 is 0. The van der Waals surface area contributed by atoms with Crippen molar-refractivity contribution in [2.75, 3.05) is 7.05 Å². The van der Waals surface area contributed by atoms with Crippen molar-refractivity contribution < 1.29 is 9.59 Å². The van der Waals surface area contributed by atoms with E-state index < -0.39 is 11.7 Å². The molecule has 4 unspecified atom stereocenters. The monoisotopic (exact) mass is 563 g/mol. The van der Waals surface area contributed by atoms with Crippen molar-refractivity contribution in [3.05, 3.63) is 37.5 Å². The van der Waals surface area contributed by atoms with E-state index in [9.17, 15) is 9.59 Å². The highest BCUT2D eigenvalue weighted by atomic mass is 16.2. The van der Waals surface area contributed by atoms with Gasteiger partial charge in [0.05, 0.1) is 0 Å². The molecule has 1 amide bonds. The van der Waals surface area contributed by atoms with Crippen LogP contribution in [0.4, 0.5) is 0 Å². The van der Waals surface area contributed by atoms with Crippen LogP contribution in [0.5, 0.6) is 0 Å². The number of Topliss-reactive ketones (excluding diaryl/α,β-unsaturated/α-hetero) is 1. The lowest BCUT2D eigenvalue weighted by molar-refractivity contribution is -0.138. The van der Waals surface area contributed by atoms with Crippen molar-refractivity contribution >= 4 is 11.7 Å². The van der Waals surface area contributed by atoms with Gasteiger partial charge in [0, 0.05) is 12.0 Å². The Balaban J connectivity index is -0.000000140. The first kappa shape index (κ1) is 47.7. The zero-order valence-corrected chi connectivity index (χ0v) is 28.7. The second-order valence-corrected chi connectivity index (χ2v) is 10.9. The predicted molar refractivity (Wildman–Crippen MR) is 182 cm³/mol. The van der Waals surface area contributed by atoms with Crippen LogP contribution in [0.1, 0.15) is 127 Å². The average Bonchev–Trinajstić information content (AvgIpc) is 2.96. The Morgan fingerprint density at radius 1 is 0.825 bits per heavy atom. The molecule has 3 N–H and O–H groups in total. The molecule has 0 aliphatic heterocycles. The maximum atomic E-state index is 11.0. The second-order valence-electron chi connectivity index (χ2n) is 10.9. The number of rotatable bonds is 12. The summed E-state index contributed by atoms with van der Waals surface area (Å²) in [7, 11) is 2.05. The molecular weight excluding hydrogens is 492 g/mol. The molecule has 1 aliphatic carbocycles. The summed E-state index contributed by atoms with van der Waals surface area (Å²) in [6, 6.07) is 0.560. The Kier molecular flexibility index (Phi) is 39.4. The number of amides is 1. The van der Waals surface area contributed by atoms with E-state index in [0.29, 0.717) is 17.9 Å². The number of hydrogen-bond donors (Lipinski definition) is 2. The highest BCUT2D eigenvalue weighted by Gasteiger charge is 2.22. The minimum Gasteiger partial charge on any atom is -0.363 e. The normalized spacial score (nSPS) is 15.6. The van der Waals surface area contributed by atoms with Gasteiger partial charge in [-0.2, -0.15) is 0 Å². The van der Waals surface area contributed by atoms with Crippen LogP contribution < -0.4 is 11.1 Å². The van der Waals surface area contributed by atoms with Gasteiger partial charge in [-0.05, 0) is 70.3 Å². The fourth-order valence-electron chi connectivity index (χ4n) is 4.44. The number of nitrogens with two attached hydrogens (primary N) is 1. The zero-order valence-electron chi connectivity index (χ0n) is 28.7. The molecule has 1 aliphatic rings. The van der Waals surface area contributed by atoms with E-state index >= 15 is 0 Å². The molecular formula is C36H70N2O2. The summed E-state index contributed by atoms with van der Waals surface area (Å²) in [6.45, 7) is 34.9. The van der Waals surface area contributed by atoms with E-state index in [1.807, 2.05) is 20.9 Å². The van der Waals surface area contributed by atoms with Crippen molar-refractivity contribution in [1.29, 1.82) is 0 Å². The first-order valence-corrected chi connectivity index (χ1v) is 15.5. The Hall–Kier alpha value is -2.12. The first-order chi connectivity index (χ1) is 18.8. The molecule has 1 fully saturated rings. The van der Waals surface area contributed by atoms with E-state index in [2.05, 4.69) is 92.9 Å². The summed E-state index contributed by atoms with van der Waals surface area (Å²) >= 11 is 0. The molecule has 0 saturated heterocycles. The summed E-state index contributed by atoms with van der Waals surface area (Å²) in [6.07, 6.45) is 19.4. The quantitative estimate of drug-likeness (QED) is 0.141. The second kappa shape index (κ2) is 33.1. The van der Waals surface area contributed by atoms with Crippen LogP contribution in [0.3, 0.4) is 0 Å². The Bertz CT molecular complexity index is 646. The third kappa shape index (κ3) is 27.4. The smallest absolute Gasteiger partial charge is 0.285 e. The molecule has 0 aromatic heterocycles. The average molecular weight is 563 g/mol. The molecule has 40 heavy (non-hydrogen) atoms. The highest BCUT2D eigenvalue weighted by molar-refractivity contribution is 6.36. The number of hydrogen-bond acceptors (Lipinski definition) is 3. The van der Waals surface area contributed by atoms with Gasteiger partial charge in [-0.3, -0.25) is 9.59 Å². The molecule has 0 heterocycles. The molecule has 4 nitrogen and oxygen atoms in total. The summed E-state index contributed by atoms with van der Waals surface area (Å²) in [5.41, 5.74) is 7.48. The molecule has 4 heteroatoms. The van der Waals surface area contributed by atoms with Crippen molar-refractivity contribution in [3.8, 4) is 12.8 Å². The Morgan fingerprint density at radius 3 is 1.48 bits per heavy atom. The van der Waals surface area contributed by atoms with Crippen LogP contribution >= 0.6 is 0 Å². The lowest BCUT2D eigenvalue weighted by Gasteiger charge is -2.30. The van der Waals surface area contributed by atoms with Crippen LogP contribution in [0.25, 0.3) is 0 Å². The number of terminal acetylenes is 1. The van der Waals surface area contributed by atoms with Gasteiger partial charge in [-0.1, -0.05) is 112 Å². The van der Waals surface area contributed by atoms with Crippen LogP contribution in [-0.4, -0.2) is 24.8 Å². The van der Waals surface area contributed by atoms with Gasteiger partial charge < -0.3 is 11.1 Å². The van der Waals surface area contributed by atoms with Crippen LogP contribution in [0.15, 0.2) is 37.5 Å².